The molecule has 0 bridgehead atoms. The van der Waals surface area contributed by atoms with Gasteiger partial charge in [-0.3, -0.25) is 4.90 Å². The van der Waals surface area contributed by atoms with Crippen LogP contribution in [0.4, 0.5) is 0 Å². The van der Waals surface area contributed by atoms with Gasteiger partial charge in [0, 0.05) is 19.6 Å². The number of likely N-dealkylation sites (N-methyl/N-ethyl adjacent to an activating group) is 1. The fourth-order valence-corrected chi connectivity index (χ4v) is 2.84. The summed E-state index contributed by atoms with van der Waals surface area (Å²) in [5.41, 5.74) is 1.25. The average Bonchev–Trinajstić information content (AvgIpc) is 2.90. The number of thioether (sulfide) groups is 1. The van der Waals surface area contributed by atoms with E-state index in [2.05, 4.69) is 34.7 Å². The van der Waals surface area contributed by atoms with Crippen LogP contribution in [0.1, 0.15) is 12.6 Å². The highest BCUT2D eigenvalue weighted by molar-refractivity contribution is 7.98. The Hall–Kier alpha value is -1.46. The molecule has 0 unspecified atom stereocenters. The summed E-state index contributed by atoms with van der Waals surface area (Å²) in [5, 5.41) is 1.08. The molecule has 1 aromatic carbocycles. The molecule has 1 heterocycles. The summed E-state index contributed by atoms with van der Waals surface area (Å²) in [6.45, 7) is 5.58. The molecular weight excluding hydrogens is 282 g/mol. The van der Waals surface area contributed by atoms with Crippen LogP contribution < -0.4 is 4.74 Å². The van der Waals surface area contributed by atoms with Crippen LogP contribution in [0, 0.1) is 0 Å². The van der Waals surface area contributed by atoms with Crippen molar-refractivity contribution >= 4 is 11.8 Å². The van der Waals surface area contributed by atoms with Crippen molar-refractivity contribution in [2.75, 3.05) is 26.5 Å². The lowest BCUT2D eigenvalue weighted by Gasteiger charge is -2.18. The Morgan fingerprint density at radius 1 is 1.29 bits per heavy atom. The molecule has 0 aliphatic carbocycles. The van der Waals surface area contributed by atoms with Gasteiger partial charge in [-0.2, -0.15) is 0 Å². The summed E-state index contributed by atoms with van der Waals surface area (Å²) in [4.78, 5) is 6.71. The van der Waals surface area contributed by atoms with Crippen molar-refractivity contribution in [1.82, 2.24) is 14.5 Å². The van der Waals surface area contributed by atoms with Crippen molar-refractivity contribution < 1.29 is 4.74 Å². The van der Waals surface area contributed by atoms with Gasteiger partial charge < -0.3 is 9.30 Å². The van der Waals surface area contributed by atoms with Gasteiger partial charge in [0.05, 0.1) is 11.9 Å². The number of rotatable bonds is 8. The van der Waals surface area contributed by atoms with Gasteiger partial charge in [-0.25, -0.2) is 4.98 Å². The highest BCUT2D eigenvalue weighted by Gasteiger charge is 2.09. The van der Waals surface area contributed by atoms with E-state index < -0.39 is 0 Å². The van der Waals surface area contributed by atoms with Crippen LogP contribution in [-0.4, -0.2) is 40.9 Å². The first kappa shape index (κ1) is 15.9. The average molecular weight is 305 g/mol. The van der Waals surface area contributed by atoms with Gasteiger partial charge >= 0.3 is 0 Å². The topological polar surface area (TPSA) is 30.3 Å². The van der Waals surface area contributed by atoms with Crippen molar-refractivity contribution in [2.45, 2.75) is 25.2 Å². The van der Waals surface area contributed by atoms with Crippen LogP contribution in [0.2, 0.25) is 0 Å². The molecule has 0 amide bonds. The van der Waals surface area contributed by atoms with Crippen LogP contribution in [-0.2, 0) is 13.1 Å². The first-order valence-electron chi connectivity index (χ1n) is 7.19. The van der Waals surface area contributed by atoms with E-state index in [0.29, 0.717) is 6.61 Å². The third-order valence-corrected chi connectivity index (χ3v) is 4.01. The second-order valence-corrected chi connectivity index (χ2v) is 5.65. The Morgan fingerprint density at radius 2 is 2.05 bits per heavy atom. The molecule has 0 atom stereocenters. The molecule has 1 aromatic heterocycles. The molecule has 0 aliphatic heterocycles. The Kier molecular flexibility index (Phi) is 6.14. The highest BCUT2D eigenvalue weighted by Crippen LogP contribution is 2.16. The predicted octanol–water partition coefficient (Wildman–Crippen LogP) is 3.14. The van der Waals surface area contributed by atoms with Gasteiger partial charge in [0.2, 0.25) is 0 Å². The monoisotopic (exact) mass is 305 g/mol. The molecule has 5 heteroatoms. The largest absolute Gasteiger partial charge is 0.492 e. The third kappa shape index (κ3) is 4.51. The predicted molar refractivity (Wildman–Crippen MR) is 88.0 cm³/mol. The standard InChI is InChI=1S/C16H23N3OS/c1-4-19-14(12-17-16(19)21-3)13-18(2)10-11-20-15-8-6-5-7-9-15/h5-9,12H,4,10-11,13H2,1-3H3. The van der Waals surface area contributed by atoms with Gasteiger partial charge in [0.1, 0.15) is 12.4 Å². The second kappa shape index (κ2) is 8.10. The van der Waals surface area contributed by atoms with Crippen molar-refractivity contribution in [3.8, 4) is 5.75 Å². The molecule has 114 valence electrons. The van der Waals surface area contributed by atoms with E-state index in [1.807, 2.05) is 36.5 Å². The normalized spacial score (nSPS) is 11.0. The molecule has 0 aliphatic rings. The van der Waals surface area contributed by atoms with Crippen molar-refractivity contribution in [3.05, 3.63) is 42.2 Å². The summed E-state index contributed by atoms with van der Waals surface area (Å²) in [5.74, 6) is 0.925. The molecule has 0 fully saturated rings. The number of ether oxygens (including phenoxy) is 1. The summed E-state index contributed by atoms with van der Waals surface area (Å²) < 4.78 is 7.99. The first-order valence-corrected chi connectivity index (χ1v) is 8.41. The zero-order valence-corrected chi connectivity index (χ0v) is 13.8. The summed E-state index contributed by atoms with van der Waals surface area (Å²) in [6.07, 6.45) is 4.04. The molecular formula is C16H23N3OS. The van der Waals surface area contributed by atoms with Crippen molar-refractivity contribution in [1.29, 1.82) is 0 Å². The first-order chi connectivity index (χ1) is 10.2. The Bertz CT molecular complexity index is 542. The van der Waals surface area contributed by atoms with E-state index in [1.165, 1.54) is 5.69 Å². The fourth-order valence-electron chi connectivity index (χ4n) is 2.21. The maximum Gasteiger partial charge on any atom is 0.167 e. The van der Waals surface area contributed by atoms with Gasteiger partial charge in [-0.1, -0.05) is 30.0 Å². The molecule has 2 aromatic rings. The van der Waals surface area contributed by atoms with E-state index in [-0.39, 0.29) is 0 Å². The van der Waals surface area contributed by atoms with Gasteiger partial charge in [-0.05, 0) is 32.4 Å². The number of hydrogen-bond acceptors (Lipinski definition) is 4. The Labute approximate surface area is 131 Å². The quantitative estimate of drug-likeness (QED) is 0.701. The summed E-state index contributed by atoms with van der Waals surface area (Å²) in [6, 6.07) is 9.94. The number of aromatic nitrogens is 2. The minimum atomic E-state index is 0.691. The maximum absolute atomic E-state index is 5.73. The van der Waals surface area contributed by atoms with E-state index in [1.54, 1.807) is 11.8 Å². The zero-order valence-electron chi connectivity index (χ0n) is 13.0. The molecule has 0 saturated heterocycles. The van der Waals surface area contributed by atoms with Crippen LogP contribution in [0.15, 0.2) is 41.7 Å². The second-order valence-electron chi connectivity index (χ2n) is 4.88. The molecule has 0 spiro atoms. The Morgan fingerprint density at radius 3 is 2.71 bits per heavy atom. The van der Waals surface area contributed by atoms with Crippen LogP contribution in [0.25, 0.3) is 0 Å². The van der Waals surface area contributed by atoms with E-state index in [9.17, 15) is 0 Å². The lowest BCUT2D eigenvalue weighted by Crippen LogP contribution is -2.25. The number of hydrogen-bond donors (Lipinski definition) is 0. The zero-order chi connectivity index (χ0) is 15.1. The minimum absolute atomic E-state index is 0.691. The third-order valence-electron chi connectivity index (χ3n) is 3.32. The SMILES string of the molecule is CCn1c(CN(C)CCOc2ccccc2)cnc1SC. The minimum Gasteiger partial charge on any atom is -0.492 e. The highest BCUT2D eigenvalue weighted by atomic mass is 32.2. The number of imidazole rings is 1. The number of para-hydroxylation sites is 1. The maximum atomic E-state index is 5.73. The Balaban J connectivity index is 1.82. The summed E-state index contributed by atoms with van der Waals surface area (Å²) >= 11 is 1.69. The molecule has 0 saturated carbocycles. The number of nitrogens with zero attached hydrogens (tertiary/aromatic N) is 3. The number of benzene rings is 1. The van der Waals surface area contributed by atoms with Crippen molar-refractivity contribution in [2.24, 2.45) is 0 Å². The molecule has 4 nitrogen and oxygen atoms in total. The lowest BCUT2D eigenvalue weighted by molar-refractivity contribution is 0.229. The van der Waals surface area contributed by atoms with Crippen LogP contribution in [0.5, 0.6) is 5.75 Å². The molecule has 2 rings (SSSR count). The van der Waals surface area contributed by atoms with E-state index in [0.717, 1.165) is 30.5 Å². The van der Waals surface area contributed by atoms with Gasteiger partial charge in [0.25, 0.3) is 0 Å². The lowest BCUT2D eigenvalue weighted by atomic mass is 10.3. The van der Waals surface area contributed by atoms with Gasteiger partial charge in [-0.15, -0.1) is 0 Å². The molecule has 0 radical (unpaired) electrons. The molecule has 21 heavy (non-hydrogen) atoms. The van der Waals surface area contributed by atoms with Gasteiger partial charge in [0.15, 0.2) is 5.16 Å². The van der Waals surface area contributed by atoms with Crippen LogP contribution >= 0.6 is 11.8 Å². The fraction of sp³-hybridized carbons (Fsp3) is 0.438. The van der Waals surface area contributed by atoms with Crippen molar-refractivity contribution in [3.63, 3.8) is 0 Å². The van der Waals surface area contributed by atoms with Crippen LogP contribution in [0.3, 0.4) is 0 Å². The smallest absolute Gasteiger partial charge is 0.167 e. The summed E-state index contributed by atoms with van der Waals surface area (Å²) in [7, 11) is 2.11. The molecule has 0 N–H and O–H groups in total. The van der Waals surface area contributed by atoms with E-state index >= 15 is 0 Å². The van der Waals surface area contributed by atoms with E-state index in [4.69, 9.17) is 4.74 Å².